The van der Waals surface area contributed by atoms with Gasteiger partial charge in [-0.2, -0.15) is 5.26 Å². The van der Waals surface area contributed by atoms with Crippen LogP contribution in [0.15, 0.2) is 54.6 Å². The molecule has 6 heteroatoms. The number of ether oxygens (including phenoxy) is 1. The number of rotatable bonds is 6. The third-order valence-corrected chi connectivity index (χ3v) is 4.54. The third-order valence-electron chi connectivity index (χ3n) is 4.04. The van der Waals surface area contributed by atoms with Gasteiger partial charge in [-0.1, -0.05) is 35.3 Å². The minimum absolute atomic E-state index is 0.415. The molecule has 0 aliphatic rings. The summed E-state index contributed by atoms with van der Waals surface area (Å²) in [5.74, 6) is 0.729. The zero-order valence-corrected chi connectivity index (χ0v) is 15.5. The highest BCUT2D eigenvalue weighted by atomic mass is 35.5. The Balaban J connectivity index is 1.75. The van der Waals surface area contributed by atoms with Crippen molar-refractivity contribution in [1.82, 2.24) is 4.57 Å². The molecule has 0 unspecified atom stereocenters. The van der Waals surface area contributed by atoms with E-state index >= 15 is 0 Å². The van der Waals surface area contributed by atoms with Gasteiger partial charge in [0.15, 0.2) is 0 Å². The first-order valence-electron chi connectivity index (χ1n) is 8.07. The summed E-state index contributed by atoms with van der Waals surface area (Å²) in [4.78, 5) is 0. The molecule has 0 saturated carbocycles. The van der Waals surface area contributed by atoms with E-state index in [9.17, 15) is 5.26 Å². The molecule has 3 aromatic rings. The zero-order chi connectivity index (χ0) is 18.5. The van der Waals surface area contributed by atoms with Crippen molar-refractivity contribution in [3.05, 3.63) is 81.6 Å². The highest BCUT2D eigenvalue weighted by molar-refractivity contribution is 6.30. The van der Waals surface area contributed by atoms with Crippen LogP contribution < -0.4 is 10.5 Å². The van der Waals surface area contributed by atoms with E-state index in [2.05, 4.69) is 6.07 Å². The van der Waals surface area contributed by atoms with Crippen LogP contribution >= 0.6 is 23.2 Å². The second-order valence-corrected chi connectivity index (χ2v) is 6.67. The van der Waals surface area contributed by atoms with Gasteiger partial charge >= 0.3 is 0 Å². The van der Waals surface area contributed by atoms with E-state index in [4.69, 9.17) is 33.7 Å². The second kappa shape index (κ2) is 8.18. The molecular weight excluding hydrogens is 369 g/mol. The lowest BCUT2D eigenvalue weighted by molar-refractivity contribution is 0.296. The number of benzene rings is 2. The van der Waals surface area contributed by atoms with E-state index in [0.29, 0.717) is 41.0 Å². The summed E-state index contributed by atoms with van der Waals surface area (Å²) in [7, 11) is 0. The standard InChI is InChI=1S/C20H17Cl2N3O/c21-15-3-1-14(2-4-15)11-20-19(24)12-17(13-23)25(20)9-10-26-18-7-5-16(22)6-8-18/h1-8,12H,9-11,24H2. The average Bonchev–Trinajstić information content (AvgIpc) is 2.94. The number of nitriles is 1. The van der Waals surface area contributed by atoms with Gasteiger partial charge in [-0.3, -0.25) is 0 Å². The van der Waals surface area contributed by atoms with Crippen LogP contribution in [0.4, 0.5) is 5.69 Å². The zero-order valence-electron chi connectivity index (χ0n) is 14.0. The van der Waals surface area contributed by atoms with Gasteiger partial charge < -0.3 is 15.0 Å². The number of hydrogen-bond donors (Lipinski definition) is 1. The van der Waals surface area contributed by atoms with Crippen LogP contribution in [0.25, 0.3) is 0 Å². The monoisotopic (exact) mass is 385 g/mol. The van der Waals surface area contributed by atoms with Crippen LogP contribution in [0.2, 0.25) is 10.0 Å². The van der Waals surface area contributed by atoms with E-state index in [1.165, 1.54) is 0 Å². The van der Waals surface area contributed by atoms with Crippen molar-refractivity contribution in [1.29, 1.82) is 5.26 Å². The summed E-state index contributed by atoms with van der Waals surface area (Å²) in [6.07, 6.45) is 0.617. The van der Waals surface area contributed by atoms with Gasteiger partial charge in [0.25, 0.3) is 0 Å². The Hall–Kier alpha value is -2.61. The maximum Gasteiger partial charge on any atom is 0.122 e. The summed E-state index contributed by atoms with van der Waals surface area (Å²) < 4.78 is 7.65. The number of halogens is 2. The third kappa shape index (κ3) is 4.32. The Morgan fingerprint density at radius 1 is 1.00 bits per heavy atom. The first-order chi connectivity index (χ1) is 12.6. The molecule has 2 N–H and O–H groups in total. The summed E-state index contributed by atoms with van der Waals surface area (Å²) >= 11 is 11.8. The van der Waals surface area contributed by atoms with E-state index in [0.717, 1.165) is 17.0 Å². The second-order valence-electron chi connectivity index (χ2n) is 5.80. The van der Waals surface area contributed by atoms with Gasteiger partial charge in [-0.25, -0.2) is 0 Å². The Kier molecular flexibility index (Phi) is 5.72. The average molecular weight is 386 g/mol. The van der Waals surface area contributed by atoms with Crippen molar-refractivity contribution in [3.63, 3.8) is 0 Å². The van der Waals surface area contributed by atoms with Gasteiger partial charge in [0.1, 0.15) is 24.1 Å². The van der Waals surface area contributed by atoms with E-state index < -0.39 is 0 Å². The summed E-state index contributed by atoms with van der Waals surface area (Å²) in [6, 6.07) is 18.7. The largest absolute Gasteiger partial charge is 0.492 e. The molecule has 0 aliphatic heterocycles. The van der Waals surface area contributed by atoms with Crippen LogP contribution in [0.5, 0.6) is 5.75 Å². The molecule has 1 aromatic heterocycles. The minimum Gasteiger partial charge on any atom is -0.492 e. The number of nitrogens with zero attached hydrogens (tertiary/aromatic N) is 2. The van der Waals surface area contributed by atoms with Gasteiger partial charge in [-0.05, 0) is 48.0 Å². The maximum absolute atomic E-state index is 9.41. The molecular formula is C20H17Cl2N3O. The fourth-order valence-electron chi connectivity index (χ4n) is 2.74. The van der Waals surface area contributed by atoms with Gasteiger partial charge in [-0.15, -0.1) is 0 Å². The van der Waals surface area contributed by atoms with Gasteiger partial charge in [0, 0.05) is 22.2 Å². The van der Waals surface area contributed by atoms with Gasteiger partial charge in [0.05, 0.1) is 12.2 Å². The quantitative estimate of drug-likeness (QED) is 0.654. The Bertz CT molecular complexity index is 925. The molecule has 0 aliphatic carbocycles. The first-order valence-corrected chi connectivity index (χ1v) is 8.83. The van der Waals surface area contributed by atoms with E-state index in [-0.39, 0.29) is 0 Å². The van der Waals surface area contributed by atoms with E-state index in [1.54, 1.807) is 18.2 Å². The lowest BCUT2D eigenvalue weighted by Crippen LogP contribution is -2.13. The molecule has 0 radical (unpaired) electrons. The lowest BCUT2D eigenvalue weighted by atomic mass is 10.1. The highest BCUT2D eigenvalue weighted by Crippen LogP contribution is 2.23. The summed E-state index contributed by atoms with van der Waals surface area (Å²) in [6.45, 7) is 0.934. The van der Waals surface area contributed by atoms with Crippen LogP contribution in [0, 0.1) is 11.3 Å². The maximum atomic E-state index is 9.41. The van der Waals surface area contributed by atoms with E-state index in [1.807, 2.05) is 41.0 Å². The molecule has 0 saturated heterocycles. The molecule has 132 valence electrons. The fraction of sp³-hybridized carbons (Fsp3) is 0.150. The van der Waals surface area contributed by atoms with Crippen LogP contribution in [-0.2, 0) is 13.0 Å². The van der Waals surface area contributed by atoms with Crippen molar-refractivity contribution in [2.75, 3.05) is 12.3 Å². The molecule has 0 atom stereocenters. The fourth-order valence-corrected chi connectivity index (χ4v) is 2.99. The van der Waals surface area contributed by atoms with Crippen molar-refractivity contribution < 1.29 is 4.74 Å². The molecule has 0 spiro atoms. The molecule has 2 aromatic carbocycles. The topological polar surface area (TPSA) is 64.0 Å². The molecule has 0 bridgehead atoms. The predicted molar refractivity (Wildman–Crippen MR) is 105 cm³/mol. The Morgan fingerprint density at radius 3 is 2.23 bits per heavy atom. The van der Waals surface area contributed by atoms with Gasteiger partial charge in [0.2, 0.25) is 0 Å². The Labute approximate surface area is 162 Å². The molecule has 0 amide bonds. The number of nitrogen functional groups attached to an aromatic ring is 1. The minimum atomic E-state index is 0.415. The van der Waals surface area contributed by atoms with Crippen LogP contribution in [-0.4, -0.2) is 11.2 Å². The number of anilines is 1. The Morgan fingerprint density at radius 2 is 1.62 bits per heavy atom. The predicted octanol–water partition coefficient (Wildman–Crippen LogP) is 4.92. The smallest absolute Gasteiger partial charge is 0.122 e. The highest BCUT2D eigenvalue weighted by Gasteiger charge is 2.14. The number of aromatic nitrogens is 1. The SMILES string of the molecule is N#Cc1cc(N)c(Cc2ccc(Cl)cc2)n1CCOc1ccc(Cl)cc1. The first kappa shape index (κ1) is 18.2. The summed E-state index contributed by atoms with van der Waals surface area (Å²) in [5, 5.41) is 10.8. The summed E-state index contributed by atoms with van der Waals surface area (Å²) in [5.41, 5.74) is 9.23. The lowest BCUT2D eigenvalue weighted by Gasteiger charge is -2.13. The molecule has 26 heavy (non-hydrogen) atoms. The molecule has 4 nitrogen and oxygen atoms in total. The van der Waals surface area contributed by atoms with Crippen molar-refractivity contribution in [2.45, 2.75) is 13.0 Å². The molecule has 1 heterocycles. The number of hydrogen-bond acceptors (Lipinski definition) is 3. The van der Waals surface area contributed by atoms with Crippen LogP contribution in [0.3, 0.4) is 0 Å². The van der Waals surface area contributed by atoms with Crippen LogP contribution in [0.1, 0.15) is 17.0 Å². The van der Waals surface area contributed by atoms with Crippen molar-refractivity contribution >= 4 is 28.9 Å². The molecule has 0 fully saturated rings. The number of nitrogens with two attached hydrogens (primary N) is 1. The molecule has 3 rings (SSSR count). The van der Waals surface area contributed by atoms with Crippen molar-refractivity contribution in [2.24, 2.45) is 0 Å². The normalized spacial score (nSPS) is 10.5. The van der Waals surface area contributed by atoms with Crippen molar-refractivity contribution in [3.8, 4) is 11.8 Å².